The highest BCUT2D eigenvalue weighted by atomic mass is 19.1. The summed E-state index contributed by atoms with van der Waals surface area (Å²) >= 11 is 0. The number of urea groups is 1. The number of carbonyl (C=O) groups excluding carboxylic acids is 3. The van der Waals surface area contributed by atoms with Crippen LogP contribution in [0, 0.1) is 12.7 Å². The number of nitrogens with zero attached hydrogens (tertiary/aromatic N) is 1. The molecule has 0 saturated carbocycles. The third-order valence-electron chi connectivity index (χ3n) is 5.32. The third kappa shape index (κ3) is 4.13. The summed E-state index contributed by atoms with van der Waals surface area (Å²) in [5.74, 6) is -1.35. The molecule has 0 bridgehead atoms. The quantitative estimate of drug-likeness (QED) is 0.705. The van der Waals surface area contributed by atoms with E-state index < -0.39 is 29.2 Å². The van der Waals surface area contributed by atoms with E-state index in [4.69, 9.17) is 0 Å². The molecule has 2 aromatic carbocycles. The number of benzene rings is 2. The molecule has 2 aromatic rings. The molecule has 2 N–H and O–H groups in total. The van der Waals surface area contributed by atoms with E-state index in [1.807, 2.05) is 31.2 Å². The molecule has 29 heavy (non-hydrogen) atoms. The topological polar surface area (TPSA) is 78.5 Å². The normalized spacial score (nSPS) is 18.7. The largest absolute Gasteiger partial charge is 0.354 e. The van der Waals surface area contributed by atoms with Crippen LogP contribution in [0.15, 0.2) is 48.5 Å². The SMILES string of the molecule is CCC1(c2ccc(F)cc2)NC(=O)N(CC(=O)NCCc2ccccc2C)C1=O. The molecule has 1 heterocycles. The summed E-state index contributed by atoms with van der Waals surface area (Å²) in [6.07, 6.45) is 0.946. The molecule has 152 valence electrons. The molecule has 4 amide bonds. The van der Waals surface area contributed by atoms with Crippen molar-refractivity contribution in [2.45, 2.75) is 32.2 Å². The van der Waals surface area contributed by atoms with Crippen LogP contribution in [0.3, 0.4) is 0 Å². The van der Waals surface area contributed by atoms with Gasteiger partial charge in [-0.25, -0.2) is 9.18 Å². The van der Waals surface area contributed by atoms with Gasteiger partial charge in [-0.15, -0.1) is 0 Å². The van der Waals surface area contributed by atoms with Crippen LogP contribution in [0.4, 0.5) is 9.18 Å². The maximum absolute atomic E-state index is 13.3. The van der Waals surface area contributed by atoms with Crippen molar-refractivity contribution in [3.63, 3.8) is 0 Å². The van der Waals surface area contributed by atoms with Gasteiger partial charge in [0.15, 0.2) is 0 Å². The fourth-order valence-electron chi connectivity index (χ4n) is 3.57. The lowest BCUT2D eigenvalue weighted by molar-refractivity contribution is -0.135. The Balaban J connectivity index is 1.64. The minimum Gasteiger partial charge on any atom is -0.354 e. The molecule has 0 aliphatic carbocycles. The van der Waals surface area contributed by atoms with Crippen LogP contribution >= 0.6 is 0 Å². The molecule has 1 saturated heterocycles. The Morgan fingerprint density at radius 1 is 1.14 bits per heavy atom. The van der Waals surface area contributed by atoms with Crippen molar-refractivity contribution in [3.05, 3.63) is 71.0 Å². The number of amides is 4. The Hall–Kier alpha value is -3.22. The zero-order valence-electron chi connectivity index (χ0n) is 16.5. The van der Waals surface area contributed by atoms with Crippen molar-refractivity contribution in [1.82, 2.24) is 15.5 Å². The predicted molar refractivity (Wildman–Crippen MR) is 107 cm³/mol. The molecule has 1 aliphatic rings. The number of hydrogen-bond acceptors (Lipinski definition) is 3. The van der Waals surface area contributed by atoms with Crippen molar-refractivity contribution >= 4 is 17.8 Å². The average molecular weight is 397 g/mol. The maximum atomic E-state index is 13.3. The van der Waals surface area contributed by atoms with Crippen LogP contribution in [0.25, 0.3) is 0 Å². The molecule has 1 atom stereocenters. The fourth-order valence-corrected chi connectivity index (χ4v) is 3.57. The summed E-state index contributed by atoms with van der Waals surface area (Å²) in [7, 11) is 0. The highest BCUT2D eigenvalue weighted by Crippen LogP contribution is 2.32. The van der Waals surface area contributed by atoms with E-state index in [1.165, 1.54) is 24.3 Å². The van der Waals surface area contributed by atoms with Crippen molar-refractivity contribution in [2.75, 3.05) is 13.1 Å². The number of carbonyl (C=O) groups is 3. The lowest BCUT2D eigenvalue weighted by atomic mass is 9.87. The van der Waals surface area contributed by atoms with Crippen LogP contribution in [0.2, 0.25) is 0 Å². The first-order chi connectivity index (χ1) is 13.9. The summed E-state index contributed by atoms with van der Waals surface area (Å²) in [6, 6.07) is 12.7. The van der Waals surface area contributed by atoms with Gasteiger partial charge in [0.25, 0.3) is 5.91 Å². The molecule has 1 unspecified atom stereocenters. The third-order valence-corrected chi connectivity index (χ3v) is 5.32. The van der Waals surface area contributed by atoms with Gasteiger partial charge in [0.2, 0.25) is 5.91 Å². The fraction of sp³-hybridized carbons (Fsp3) is 0.318. The Labute approximate surface area is 169 Å². The molecule has 1 fully saturated rings. The standard InChI is InChI=1S/C22H24FN3O3/c1-3-22(17-8-10-18(23)11-9-17)20(28)26(21(29)25-22)14-19(27)24-13-12-16-7-5-4-6-15(16)2/h4-11H,3,12-14H2,1-2H3,(H,24,27)(H,25,29). The van der Waals surface area contributed by atoms with E-state index in [0.29, 0.717) is 18.5 Å². The van der Waals surface area contributed by atoms with Crippen molar-refractivity contribution in [2.24, 2.45) is 0 Å². The number of nitrogens with one attached hydrogen (secondary N) is 2. The molecule has 1 aliphatic heterocycles. The molecular weight excluding hydrogens is 373 g/mol. The minimum absolute atomic E-state index is 0.286. The molecule has 0 spiro atoms. The molecule has 7 heteroatoms. The van der Waals surface area contributed by atoms with Crippen LogP contribution in [-0.2, 0) is 21.5 Å². The number of hydrogen-bond donors (Lipinski definition) is 2. The first-order valence-electron chi connectivity index (χ1n) is 9.58. The highest BCUT2D eigenvalue weighted by molar-refractivity contribution is 6.09. The second-order valence-corrected chi connectivity index (χ2v) is 7.11. The predicted octanol–water partition coefficient (Wildman–Crippen LogP) is 2.65. The molecule has 6 nitrogen and oxygen atoms in total. The summed E-state index contributed by atoms with van der Waals surface area (Å²) in [5.41, 5.74) is 1.47. The number of halogens is 1. The first-order valence-corrected chi connectivity index (χ1v) is 9.58. The Kier molecular flexibility index (Phi) is 5.96. The highest BCUT2D eigenvalue weighted by Gasteiger charge is 2.51. The van der Waals surface area contributed by atoms with Gasteiger partial charge in [0, 0.05) is 6.54 Å². The van der Waals surface area contributed by atoms with Gasteiger partial charge in [0.05, 0.1) is 0 Å². The zero-order chi connectivity index (χ0) is 21.0. The number of rotatable bonds is 7. The summed E-state index contributed by atoms with van der Waals surface area (Å²) in [4.78, 5) is 38.6. The molecular formula is C22H24FN3O3. The number of imide groups is 1. The summed E-state index contributed by atoms with van der Waals surface area (Å²) in [5, 5.41) is 5.44. The van der Waals surface area contributed by atoms with E-state index in [9.17, 15) is 18.8 Å². The van der Waals surface area contributed by atoms with E-state index in [-0.39, 0.29) is 13.0 Å². The lowest BCUT2D eigenvalue weighted by Crippen LogP contribution is -2.45. The molecule has 0 radical (unpaired) electrons. The monoisotopic (exact) mass is 397 g/mol. The maximum Gasteiger partial charge on any atom is 0.325 e. The molecule has 0 aromatic heterocycles. The Bertz CT molecular complexity index is 929. The van der Waals surface area contributed by atoms with E-state index in [1.54, 1.807) is 6.92 Å². The first kappa shape index (κ1) is 20.5. The van der Waals surface area contributed by atoms with Gasteiger partial charge in [-0.3, -0.25) is 14.5 Å². The van der Waals surface area contributed by atoms with Crippen LogP contribution in [-0.4, -0.2) is 35.8 Å². The summed E-state index contributed by atoms with van der Waals surface area (Å²) in [6.45, 7) is 3.81. The summed E-state index contributed by atoms with van der Waals surface area (Å²) < 4.78 is 13.3. The van der Waals surface area contributed by atoms with Gasteiger partial charge < -0.3 is 10.6 Å². The van der Waals surface area contributed by atoms with E-state index in [2.05, 4.69) is 10.6 Å². The Morgan fingerprint density at radius 3 is 2.48 bits per heavy atom. The zero-order valence-corrected chi connectivity index (χ0v) is 16.5. The van der Waals surface area contributed by atoms with Crippen LogP contribution in [0.1, 0.15) is 30.0 Å². The Morgan fingerprint density at radius 2 is 1.83 bits per heavy atom. The van der Waals surface area contributed by atoms with E-state index in [0.717, 1.165) is 16.0 Å². The van der Waals surface area contributed by atoms with Gasteiger partial charge in [-0.05, 0) is 48.6 Å². The van der Waals surface area contributed by atoms with E-state index >= 15 is 0 Å². The van der Waals surface area contributed by atoms with Crippen molar-refractivity contribution < 1.29 is 18.8 Å². The van der Waals surface area contributed by atoms with Crippen LogP contribution < -0.4 is 10.6 Å². The van der Waals surface area contributed by atoms with Crippen molar-refractivity contribution in [3.8, 4) is 0 Å². The van der Waals surface area contributed by atoms with Crippen LogP contribution in [0.5, 0.6) is 0 Å². The van der Waals surface area contributed by atoms with Gasteiger partial charge in [-0.2, -0.15) is 0 Å². The second-order valence-electron chi connectivity index (χ2n) is 7.11. The van der Waals surface area contributed by atoms with Crippen molar-refractivity contribution in [1.29, 1.82) is 0 Å². The smallest absolute Gasteiger partial charge is 0.325 e. The minimum atomic E-state index is -1.29. The van der Waals surface area contributed by atoms with Gasteiger partial charge in [0.1, 0.15) is 17.9 Å². The average Bonchev–Trinajstić information content (AvgIpc) is 2.95. The van der Waals surface area contributed by atoms with Gasteiger partial charge in [-0.1, -0.05) is 43.3 Å². The lowest BCUT2D eigenvalue weighted by Gasteiger charge is -2.25. The second kappa shape index (κ2) is 8.43. The van der Waals surface area contributed by atoms with Gasteiger partial charge >= 0.3 is 6.03 Å². The molecule has 3 rings (SSSR count). The number of aryl methyl sites for hydroxylation is 1.